The Morgan fingerprint density at radius 1 is 1.39 bits per heavy atom. The maximum absolute atomic E-state index is 14.1. The number of benzene rings is 1. The standard InChI is InChI=1S/C14H15ClFN5O2/c1-20(17)14(22)21(18)12-4-2-3-11(16)9(12)8-23-13-7-19-6-5-10(13)15/h2-7H,8,17-18H2,1H3. The number of anilines is 1. The highest BCUT2D eigenvalue weighted by Gasteiger charge is 2.20. The average molecular weight is 340 g/mol. The molecule has 23 heavy (non-hydrogen) atoms. The molecule has 1 aromatic heterocycles. The normalized spacial score (nSPS) is 10.3. The first-order valence-electron chi connectivity index (χ1n) is 6.48. The lowest BCUT2D eigenvalue weighted by Crippen LogP contribution is -2.49. The van der Waals surface area contributed by atoms with Crippen LogP contribution in [-0.4, -0.2) is 23.1 Å². The summed E-state index contributed by atoms with van der Waals surface area (Å²) in [6.07, 6.45) is 2.91. The molecule has 9 heteroatoms. The predicted octanol–water partition coefficient (Wildman–Crippen LogP) is 2.06. The van der Waals surface area contributed by atoms with Crippen molar-refractivity contribution in [3.63, 3.8) is 0 Å². The van der Waals surface area contributed by atoms with Gasteiger partial charge in [-0.05, 0) is 18.2 Å². The Balaban J connectivity index is 2.28. The number of hydrogen-bond donors (Lipinski definition) is 2. The van der Waals surface area contributed by atoms with E-state index in [2.05, 4.69) is 4.98 Å². The molecule has 4 N–H and O–H groups in total. The zero-order chi connectivity index (χ0) is 17.0. The van der Waals surface area contributed by atoms with E-state index in [9.17, 15) is 9.18 Å². The number of rotatable bonds is 4. The summed E-state index contributed by atoms with van der Waals surface area (Å²) in [4.78, 5) is 15.7. The molecule has 7 nitrogen and oxygen atoms in total. The molecule has 0 aliphatic heterocycles. The average Bonchev–Trinajstić information content (AvgIpc) is 2.53. The number of ether oxygens (including phenoxy) is 1. The highest BCUT2D eigenvalue weighted by molar-refractivity contribution is 6.31. The van der Waals surface area contributed by atoms with Crippen molar-refractivity contribution < 1.29 is 13.9 Å². The van der Waals surface area contributed by atoms with Crippen molar-refractivity contribution in [1.82, 2.24) is 9.99 Å². The van der Waals surface area contributed by atoms with Crippen LogP contribution in [0.3, 0.4) is 0 Å². The number of urea groups is 1. The molecule has 1 aromatic carbocycles. The number of nitrogens with zero attached hydrogens (tertiary/aromatic N) is 3. The van der Waals surface area contributed by atoms with Crippen LogP contribution < -0.4 is 21.4 Å². The minimum absolute atomic E-state index is 0.0881. The second kappa shape index (κ2) is 7.23. The minimum atomic E-state index is -0.712. The lowest BCUT2D eigenvalue weighted by molar-refractivity contribution is 0.216. The molecule has 0 unspecified atom stereocenters. The summed E-state index contributed by atoms with van der Waals surface area (Å²) in [6, 6.07) is 4.97. The van der Waals surface area contributed by atoms with Crippen LogP contribution in [-0.2, 0) is 6.61 Å². The van der Waals surface area contributed by atoms with Crippen LogP contribution in [0.1, 0.15) is 5.56 Å². The van der Waals surface area contributed by atoms with Crippen molar-refractivity contribution >= 4 is 23.3 Å². The fourth-order valence-corrected chi connectivity index (χ4v) is 1.97. The van der Waals surface area contributed by atoms with Gasteiger partial charge in [0.2, 0.25) is 0 Å². The molecule has 0 bridgehead atoms. The van der Waals surface area contributed by atoms with E-state index in [-0.39, 0.29) is 23.6 Å². The summed E-state index contributed by atoms with van der Waals surface area (Å²) < 4.78 is 19.6. The molecule has 2 aromatic rings. The third kappa shape index (κ3) is 3.86. The van der Waals surface area contributed by atoms with Gasteiger partial charge in [-0.1, -0.05) is 17.7 Å². The van der Waals surface area contributed by atoms with Crippen molar-refractivity contribution in [2.24, 2.45) is 11.7 Å². The Morgan fingerprint density at radius 3 is 2.78 bits per heavy atom. The molecule has 2 rings (SSSR count). The van der Waals surface area contributed by atoms with Crippen LogP contribution in [0, 0.1) is 5.82 Å². The number of carbonyl (C=O) groups excluding carboxylic acids is 1. The molecule has 0 radical (unpaired) electrons. The zero-order valence-electron chi connectivity index (χ0n) is 12.2. The van der Waals surface area contributed by atoms with E-state index < -0.39 is 11.8 Å². The van der Waals surface area contributed by atoms with Crippen molar-refractivity contribution in [2.45, 2.75) is 6.61 Å². The highest BCUT2D eigenvalue weighted by Crippen LogP contribution is 2.27. The summed E-state index contributed by atoms with van der Waals surface area (Å²) in [7, 11) is 1.33. The molecule has 1 heterocycles. The van der Waals surface area contributed by atoms with E-state index in [1.807, 2.05) is 0 Å². The first-order valence-corrected chi connectivity index (χ1v) is 6.86. The fraction of sp³-hybridized carbons (Fsp3) is 0.143. The molecule has 2 amide bonds. The molecule has 0 saturated heterocycles. The molecule has 0 saturated carbocycles. The monoisotopic (exact) mass is 339 g/mol. The molecule has 122 valence electrons. The van der Waals surface area contributed by atoms with E-state index >= 15 is 0 Å². The van der Waals surface area contributed by atoms with Gasteiger partial charge < -0.3 is 4.74 Å². The smallest absolute Gasteiger partial charge is 0.352 e. The van der Waals surface area contributed by atoms with Gasteiger partial charge in [-0.2, -0.15) is 0 Å². The van der Waals surface area contributed by atoms with Crippen molar-refractivity contribution in [2.75, 3.05) is 12.1 Å². The van der Waals surface area contributed by atoms with E-state index in [0.717, 1.165) is 10.0 Å². The van der Waals surface area contributed by atoms with Crippen LogP contribution in [0.2, 0.25) is 5.02 Å². The molecule has 0 atom stereocenters. The topological polar surface area (TPSA) is 97.7 Å². The maximum Gasteiger partial charge on any atom is 0.352 e. The van der Waals surface area contributed by atoms with Gasteiger partial charge >= 0.3 is 6.03 Å². The molecule has 0 aliphatic rings. The summed E-state index contributed by atoms with van der Waals surface area (Å²) in [5.41, 5.74) is 0.220. The molecular formula is C14H15ClFN5O2. The first kappa shape index (κ1) is 16.9. The zero-order valence-corrected chi connectivity index (χ0v) is 13.0. The summed E-state index contributed by atoms with van der Waals surface area (Å²) in [5.74, 6) is 10.8. The second-order valence-corrected chi connectivity index (χ2v) is 5.00. The highest BCUT2D eigenvalue weighted by atomic mass is 35.5. The number of aromatic nitrogens is 1. The van der Waals surface area contributed by atoms with Gasteiger partial charge in [-0.25, -0.2) is 25.9 Å². The number of pyridine rings is 1. The number of halogens is 2. The van der Waals surface area contributed by atoms with Gasteiger partial charge in [0.1, 0.15) is 12.4 Å². The minimum Gasteiger partial charge on any atom is -0.486 e. The third-order valence-corrected chi connectivity index (χ3v) is 3.28. The lowest BCUT2D eigenvalue weighted by Gasteiger charge is -2.23. The SMILES string of the molecule is CN(N)C(=O)N(N)c1cccc(F)c1COc1cnccc1Cl. The Bertz CT molecular complexity index is 713. The van der Waals surface area contributed by atoms with Crippen LogP contribution >= 0.6 is 11.6 Å². The quantitative estimate of drug-likeness (QED) is 0.505. The lowest BCUT2D eigenvalue weighted by atomic mass is 10.1. The summed E-state index contributed by atoms with van der Waals surface area (Å²) >= 11 is 5.95. The predicted molar refractivity (Wildman–Crippen MR) is 84.0 cm³/mol. The molecular weight excluding hydrogens is 325 g/mol. The van der Waals surface area contributed by atoms with Gasteiger partial charge in [0.05, 0.1) is 22.5 Å². The second-order valence-electron chi connectivity index (χ2n) is 4.60. The third-order valence-electron chi connectivity index (χ3n) is 2.97. The first-order chi connectivity index (χ1) is 10.9. The van der Waals surface area contributed by atoms with Gasteiger partial charge in [-0.15, -0.1) is 0 Å². The largest absolute Gasteiger partial charge is 0.486 e. The van der Waals surface area contributed by atoms with E-state index in [1.54, 1.807) is 6.07 Å². The van der Waals surface area contributed by atoms with Crippen LogP contribution in [0.5, 0.6) is 5.75 Å². The van der Waals surface area contributed by atoms with Gasteiger partial charge in [0.25, 0.3) is 0 Å². The van der Waals surface area contributed by atoms with E-state index in [0.29, 0.717) is 5.02 Å². The van der Waals surface area contributed by atoms with Gasteiger partial charge in [0, 0.05) is 13.2 Å². The number of amides is 2. The number of nitrogens with two attached hydrogens (primary N) is 2. The Kier molecular flexibility index (Phi) is 5.32. The van der Waals surface area contributed by atoms with Crippen LogP contribution in [0.15, 0.2) is 36.7 Å². The van der Waals surface area contributed by atoms with Crippen molar-refractivity contribution in [3.05, 3.63) is 53.1 Å². The van der Waals surface area contributed by atoms with Crippen LogP contribution in [0.25, 0.3) is 0 Å². The molecule has 0 spiro atoms. The number of carbonyl (C=O) groups is 1. The van der Waals surface area contributed by atoms with E-state index in [1.165, 1.54) is 37.6 Å². The maximum atomic E-state index is 14.1. The van der Waals surface area contributed by atoms with E-state index in [4.69, 9.17) is 28.0 Å². The van der Waals surface area contributed by atoms with Crippen molar-refractivity contribution in [1.29, 1.82) is 0 Å². The number of hydrazine groups is 2. The number of hydrogen-bond acceptors (Lipinski definition) is 5. The Hall–Kier alpha value is -2.42. The summed E-state index contributed by atoms with van der Waals surface area (Å²) in [5, 5.41) is 1.86. The molecule has 0 fully saturated rings. The van der Waals surface area contributed by atoms with Crippen molar-refractivity contribution in [3.8, 4) is 5.75 Å². The summed E-state index contributed by atoms with van der Waals surface area (Å²) in [6.45, 7) is -0.192. The van der Waals surface area contributed by atoms with Gasteiger partial charge in [0.15, 0.2) is 5.75 Å². The Labute approximate surface area is 137 Å². The molecule has 0 aliphatic carbocycles. The fourth-order valence-electron chi connectivity index (χ4n) is 1.81. The van der Waals surface area contributed by atoms with Crippen LogP contribution in [0.4, 0.5) is 14.9 Å². The Morgan fingerprint density at radius 2 is 2.13 bits per heavy atom. The van der Waals surface area contributed by atoms with Gasteiger partial charge in [-0.3, -0.25) is 9.99 Å².